The maximum absolute atomic E-state index is 11.8. The van der Waals surface area contributed by atoms with E-state index in [1.165, 1.54) is 12.1 Å². The van der Waals surface area contributed by atoms with Gasteiger partial charge in [0.05, 0.1) is 4.90 Å². The average molecular weight is 364 g/mol. The first kappa shape index (κ1) is 17.5. The van der Waals surface area contributed by atoms with Crippen LogP contribution in [0, 0.1) is 0 Å². The molecule has 0 saturated heterocycles. The maximum atomic E-state index is 11.8. The van der Waals surface area contributed by atoms with E-state index in [-0.39, 0.29) is 4.90 Å². The van der Waals surface area contributed by atoms with Crippen LogP contribution in [0.3, 0.4) is 0 Å². The lowest BCUT2D eigenvalue weighted by Crippen LogP contribution is -2.36. The zero-order valence-electron chi connectivity index (χ0n) is 9.41. The topological polar surface area (TPSA) is 139 Å². The molecule has 0 heterocycles. The number of rotatable bonds is 7. The monoisotopic (exact) mass is 363 g/mol. The first-order chi connectivity index (χ1) is 9.20. The van der Waals surface area contributed by atoms with E-state index < -0.39 is 32.9 Å². The fourth-order valence-electron chi connectivity index (χ4n) is 1.03. The van der Waals surface area contributed by atoms with Gasteiger partial charge < -0.3 is 0 Å². The summed E-state index contributed by atoms with van der Waals surface area (Å²) in [5.41, 5.74) is 0. The SMILES string of the molecule is O=[P+](O)OC(NS(=O)(=O)c1ccc(Cl)cc1)O[P+](=O)O. The molecule has 2 atom stereocenters. The van der Waals surface area contributed by atoms with E-state index in [2.05, 4.69) is 9.05 Å². The molecule has 0 aromatic heterocycles. The highest BCUT2D eigenvalue weighted by molar-refractivity contribution is 7.89. The van der Waals surface area contributed by atoms with Crippen molar-refractivity contribution in [1.29, 1.82) is 0 Å². The highest BCUT2D eigenvalue weighted by atomic mass is 35.5. The van der Waals surface area contributed by atoms with Crippen molar-refractivity contribution < 1.29 is 36.4 Å². The Morgan fingerprint density at radius 1 is 1.10 bits per heavy atom. The maximum Gasteiger partial charge on any atom is 0.699 e. The van der Waals surface area contributed by atoms with Gasteiger partial charge in [-0.3, -0.25) is 0 Å². The molecule has 0 aliphatic rings. The lowest BCUT2D eigenvalue weighted by Gasteiger charge is -2.07. The quantitative estimate of drug-likeness (QED) is 0.485. The number of halogens is 1. The van der Waals surface area contributed by atoms with Crippen molar-refractivity contribution in [2.75, 3.05) is 0 Å². The molecule has 1 aromatic rings. The predicted molar refractivity (Wildman–Crippen MR) is 67.4 cm³/mol. The van der Waals surface area contributed by atoms with Crippen LogP contribution in [-0.2, 0) is 28.2 Å². The third-order valence-corrected chi connectivity index (χ3v) is 4.14. The van der Waals surface area contributed by atoms with E-state index in [1.54, 1.807) is 4.72 Å². The number of sulfonamides is 1. The molecule has 2 unspecified atom stereocenters. The van der Waals surface area contributed by atoms with E-state index in [0.29, 0.717) is 5.02 Å². The molecule has 3 N–H and O–H groups in total. The Morgan fingerprint density at radius 2 is 1.55 bits per heavy atom. The number of hydrogen-bond acceptors (Lipinski definition) is 6. The molecule has 0 aliphatic carbocycles. The summed E-state index contributed by atoms with van der Waals surface area (Å²) in [5, 5.41) is 0.296. The average Bonchev–Trinajstić information content (AvgIpc) is 2.26. The third-order valence-electron chi connectivity index (χ3n) is 1.75. The molecule has 0 spiro atoms. The molecule has 0 amide bonds. The van der Waals surface area contributed by atoms with Crippen LogP contribution in [0.15, 0.2) is 29.2 Å². The summed E-state index contributed by atoms with van der Waals surface area (Å²) < 4.78 is 54.6. The highest BCUT2D eigenvalue weighted by Crippen LogP contribution is 2.26. The summed E-state index contributed by atoms with van der Waals surface area (Å²) in [6.45, 7) is 0. The van der Waals surface area contributed by atoms with E-state index in [4.69, 9.17) is 21.4 Å². The van der Waals surface area contributed by atoms with E-state index >= 15 is 0 Å². The van der Waals surface area contributed by atoms with Gasteiger partial charge in [-0.2, -0.15) is 4.72 Å². The van der Waals surface area contributed by atoms with Crippen LogP contribution in [0.5, 0.6) is 0 Å². The lowest BCUT2D eigenvalue weighted by molar-refractivity contribution is -0.00569. The van der Waals surface area contributed by atoms with Crippen LogP contribution in [0.2, 0.25) is 5.02 Å². The van der Waals surface area contributed by atoms with Gasteiger partial charge in [0.25, 0.3) is 0 Å². The van der Waals surface area contributed by atoms with E-state index in [1.807, 2.05) is 0 Å². The zero-order chi connectivity index (χ0) is 15.3. The molecule has 110 valence electrons. The lowest BCUT2D eigenvalue weighted by atomic mass is 10.4. The van der Waals surface area contributed by atoms with Crippen molar-refractivity contribution >= 4 is 38.1 Å². The van der Waals surface area contributed by atoms with Crippen molar-refractivity contribution in [3.8, 4) is 0 Å². The van der Waals surface area contributed by atoms with Crippen molar-refractivity contribution in [2.24, 2.45) is 0 Å². The van der Waals surface area contributed by atoms with Gasteiger partial charge in [0.2, 0.25) is 10.0 Å². The molecule has 13 heteroatoms. The third kappa shape index (κ3) is 5.84. The van der Waals surface area contributed by atoms with Crippen LogP contribution in [0.4, 0.5) is 0 Å². The van der Waals surface area contributed by atoms with Crippen molar-refractivity contribution in [3.63, 3.8) is 0 Å². The normalized spacial score (nSPS) is 14.8. The molecule has 0 aliphatic heterocycles. The molecule has 1 rings (SSSR count). The Hall–Kier alpha value is -0.540. The van der Waals surface area contributed by atoms with Gasteiger partial charge in [-0.15, -0.1) is 9.79 Å². The minimum atomic E-state index is -4.21. The number of benzene rings is 1. The summed E-state index contributed by atoms with van der Waals surface area (Å²) in [6.07, 6.45) is -2.10. The van der Waals surface area contributed by atoms with Crippen molar-refractivity contribution in [2.45, 2.75) is 11.3 Å². The van der Waals surface area contributed by atoms with E-state index in [0.717, 1.165) is 12.1 Å². The van der Waals surface area contributed by atoms with Gasteiger partial charge in [-0.1, -0.05) is 20.6 Å². The highest BCUT2D eigenvalue weighted by Gasteiger charge is 2.36. The smallest absolute Gasteiger partial charge is 0.207 e. The fraction of sp³-hybridized carbons (Fsp3) is 0.143. The molecule has 9 nitrogen and oxygen atoms in total. The molecule has 0 saturated carbocycles. The molecule has 20 heavy (non-hydrogen) atoms. The van der Waals surface area contributed by atoms with E-state index in [9.17, 15) is 17.5 Å². The largest absolute Gasteiger partial charge is 0.699 e. The van der Waals surface area contributed by atoms with Crippen molar-refractivity contribution in [3.05, 3.63) is 29.3 Å². The van der Waals surface area contributed by atoms with Gasteiger partial charge in [0.1, 0.15) is 0 Å². The van der Waals surface area contributed by atoms with Gasteiger partial charge >= 0.3 is 22.9 Å². The Labute approximate surface area is 120 Å². The number of hydrogen-bond donors (Lipinski definition) is 3. The summed E-state index contributed by atoms with van der Waals surface area (Å²) >= 11 is 5.60. The van der Waals surface area contributed by atoms with Crippen LogP contribution in [0.25, 0.3) is 0 Å². The van der Waals surface area contributed by atoms with Crippen LogP contribution >= 0.6 is 28.1 Å². The molecular weight excluding hydrogens is 356 g/mol. The second-order valence-corrected chi connectivity index (χ2v) is 6.62. The zero-order valence-corrected chi connectivity index (χ0v) is 12.8. The fourth-order valence-corrected chi connectivity index (χ4v) is 2.87. The number of nitrogens with one attached hydrogen (secondary N) is 1. The first-order valence-corrected chi connectivity index (χ1v) is 8.76. The van der Waals surface area contributed by atoms with Crippen molar-refractivity contribution in [1.82, 2.24) is 4.72 Å². The minimum absolute atomic E-state index is 0.250. The standard InChI is InChI=1S/C7H6ClNO8P2S/c8-5-1-3-6(4-2-5)20(14,15)9-7(16-18(10)11)17-19(12)13/h1-4,7,9H/p+2. The summed E-state index contributed by atoms with van der Waals surface area (Å²) in [7, 11) is -10.7. The van der Waals surface area contributed by atoms with Crippen LogP contribution < -0.4 is 4.72 Å². The Bertz CT molecular complexity index is 590. The minimum Gasteiger partial charge on any atom is -0.207 e. The Kier molecular flexibility index (Phi) is 6.53. The molecule has 0 fully saturated rings. The van der Waals surface area contributed by atoms with Gasteiger partial charge in [-0.25, -0.2) is 8.42 Å². The molecular formula is C7H8ClNO8P2S+2. The summed E-state index contributed by atoms with van der Waals surface area (Å²) in [6, 6.07) is 4.90. The van der Waals surface area contributed by atoms with Gasteiger partial charge in [0.15, 0.2) is 0 Å². The van der Waals surface area contributed by atoms with Gasteiger partial charge in [-0.05, 0) is 24.3 Å². The Balaban J connectivity index is 2.92. The summed E-state index contributed by atoms with van der Waals surface area (Å²) in [5.74, 6) is 0. The first-order valence-electron chi connectivity index (χ1n) is 4.64. The predicted octanol–water partition coefficient (Wildman–Crippen LogP) is 1.23. The molecule has 1 aromatic carbocycles. The van der Waals surface area contributed by atoms with Crippen LogP contribution in [0.1, 0.15) is 0 Å². The second-order valence-electron chi connectivity index (χ2n) is 3.09. The Morgan fingerprint density at radius 3 is 1.95 bits per heavy atom. The summed E-state index contributed by atoms with van der Waals surface area (Å²) in [4.78, 5) is 16.8. The van der Waals surface area contributed by atoms with Crippen LogP contribution in [-0.4, -0.2) is 24.6 Å². The van der Waals surface area contributed by atoms with Gasteiger partial charge in [0, 0.05) is 14.2 Å². The molecule has 0 radical (unpaired) electrons. The molecule has 0 bridgehead atoms. The second kappa shape index (κ2) is 7.46.